The number of benzene rings is 2. The van der Waals surface area contributed by atoms with Gasteiger partial charge < -0.3 is 5.32 Å². The van der Waals surface area contributed by atoms with Gasteiger partial charge in [-0.1, -0.05) is 30.3 Å². The van der Waals surface area contributed by atoms with E-state index >= 15 is 0 Å². The fourth-order valence-electron chi connectivity index (χ4n) is 3.10. The fourth-order valence-corrected chi connectivity index (χ4v) is 3.74. The molecular formula is C22H17F3N2S. The molecule has 4 aromatic rings. The van der Waals surface area contributed by atoms with Crippen molar-refractivity contribution in [3.63, 3.8) is 0 Å². The number of para-hydroxylation sites is 1. The summed E-state index contributed by atoms with van der Waals surface area (Å²) in [6.07, 6.45) is -4.31. The summed E-state index contributed by atoms with van der Waals surface area (Å²) < 4.78 is 38.0. The summed E-state index contributed by atoms with van der Waals surface area (Å²) in [4.78, 5) is 4.82. The molecule has 0 spiro atoms. The molecule has 0 aliphatic heterocycles. The number of nitrogens with one attached hydrogen (secondary N) is 1. The van der Waals surface area contributed by atoms with E-state index in [9.17, 15) is 13.2 Å². The van der Waals surface area contributed by atoms with E-state index in [0.29, 0.717) is 13.1 Å². The predicted octanol–water partition coefficient (Wildman–Crippen LogP) is 6.27. The molecule has 0 unspecified atom stereocenters. The van der Waals surface area contributed by atoms with Crippen LogP contribution < -0.4 is 5.32 Å². The number of aromatic nitrogens is 1. The summed E-state index contributed by atoms with van der Waals surface area (Å²) in [5, 5.41) is 8.47. The first-order valence-corrected chi connectivity index (χ1v) is 9.73. The zero-order chi connectivity index (χ0) is 19.6. The van der Waals surface area contributed by atoms with E-state index in [1.807, 2.05) is 35.7 Å². The number of hydrogen-bond acceptors (Lipinski definition) is 3. The smallest absolute Gasteiger partial charge is 0.309 e. The second-order valence-electron chi connectivity index (χ2n) is 6.50. The molecule has 28 heavy (non-hydrogen) atoms. The summed E-state index contributed by atoms with van der Waals surface area (Å²) >= 11 is 1.62. The Morgan fingerprint density at radius 3 is 2.43 bits per heavy atom. The third-order valence-corrected chi connectivity index (χ3v) is 5.21. The van der Waals surface area contributed by atoms with E-state index in [4.69, 9.17) is 4.98 Å². The molecule has 0 amide bonds. The van der Waals surface area contributed by atoms with Gasteiger partial charge in [-0.2, -0.15) is 24.5 Å². The van der Waals surface area contributed by atoms with Crippen molar-refractivity contribution < 1.29 is 13.2 Å². The van der Waals surface area contributed by atoms with Crippen LogP contribution in [0.1, 0.15) is 16.7 Å². The molecule has 4 rings (SSSR count). The topological polar surface area (TPSA) is 24.9 Å². The van der Waals surface area contributed by atoms with Crippen molar-refractivity contribution in [1.82, 2.24) is 10.3 Å². The van der Waals surface area contributed by atoms with Crippen LogP contribution in [0.4, 0.5) is 13.2 Å². The van der Waals surface area contributed by atoms with E-state index < -0.39 is 11.7 Å². The molecule has 6 heteroatoms. The van der Waals surface area contributed by atoms with Gasteiger partial charge in [-0.3, -0.25) is 0 Å². The molecule has 0 bridgehead atoms. The average Bonchev–Trinajstić information content (AvgIpc) is 3.22. The number of rotatable bonds is 5. The molecule has 2 nitrogen and oxygen atoms in total. The second-order valence-corrected chi connectivity index (χ2v) is 7.28. The Hall–Kier alpha value is -2.70. The number of nitrogens with zero attached hydrogens (tertiary/aromatic N) is 1. The third-order valence-electron chi connectivity index (χ3n) is 4.52. The number of alkyl halides is 3. The molecule has 2 aromatic carbocycles. The van der Waals surface area contributed by atoms with Crippen molar-refractivity contribution in [2.24, 2.45) is 0 Å². The molecule has 0 saturated carbocycles. The minimum Gasteiger partial charge on any atom is -0.309 e. The molecule has 0 fully saturated rings. The molecule has 0 aliphatic carbocycles. The maximum atomic E-state index is 12.7. The van der Waals surface area contributed by atoms with E-state index in [-0.39, 0.29) is 0 Å². The summed E-state index contributed by atoms with van der Waals surface area (Å²) in [6.45, 7) is 1.05. The Bertz CT molecular complexity index is 1070. The third kappa shape index (κ3) is 4.08. The lowest BCUT2D eigenvalue weighted by molar-refractivity contribution is -0.137. The van der Waals surface area contributed by atoms with Gasteiger partial charge in [0.2, 0.25) is 0 Å². The van der Waals surface area contributed by atoms with Crippen LogP contribution in [-0.2, 0) is 19.3 Å². The highest BCUT2D eigenvalue weighted by molar-refractivity contribution is 7.08. The Balaban J connectivity index is 1.53. The van der Waals surface area contributed by atoms with E-state index in [0.717, 1.165) is 45.4 Å². The Morgan fingerprint density at radius 1 is 0.929 bits per heavy atom. The molecule has 142 valence electrons. The van der Waals surface area contributed by atoms with Crippen LogP contribution in [0.3, 0.4) is 0 Å². The Labute approximate surface area is 164 Å². The monoisotopic (exact) mass is 398 g/mol. The summed E-state index contributed by atoms with van der Waals surface area (Å²) in [5.74, 6) is 0. The van der Waals surface area contributed by atoms with Crippen molar-refractivity contribution in [3.8, 4) is 11.3 Å². The van der Waals surface area contributed by atoms with Crippen LogP contribution in [0.15, 0.2) is 71.4 Å². The largest absolute Gasteiger partial charge is 0.416 e. The molecule has 0 aliphatic rings. The molecule has 0 saturated heterocycles. The Morgan fingerprint density at radius 2 is 1.71 bits per heavy atom. The number of thiophene rings is 1. The van der Waals surface area contributed by atoms with Crippen molar-refractivity contribution in [3.05, 3.63) is 88.1 Å². The standard InChI is InChI=1S/C22H17F3N2S/c23-22(24,25)19-7-5-15(6-8-19)12-26-13-18-11-16-3-1-2-4-20(16)27-21(18)17-9-10-28-14-17/h1-11,14,26H,12-13H2. The second kappa shape index (κ2) is 7.73. The van der Waals surface area contributed by atoms with Crippen molar-refractivity contribution in [1.29, 1.82) is 0 Å². The van der Waals surface area contributed by atoms with Crippen LogP contribution in [0, 0.1) is 0 Å². The van der Waals surface area contributed by atoms with E-state index in [1.165, 1.54) is 12.1 Å². The maximum Gasteiger partial charge on any atom is 0.416 e. The van der Waals surface area contributed by atoms with Gasteiger partial charge in [0.25, 0.3) is 0 Å². The number of pyridine rings is 1. The van der Waals surface area contributed by atoms with Crippen molar-refractivity contribution >= 4 is 22.2 Å². The van der Waals surface area contributed by atoms with Gasteiger partial charge in [-0.15, -0.1) is 0 Å². The molecule has 2 heterocycles. The van der Waals surface area contributed by atoms with Crippen LogP contribution in [0.5, 0.6) is 0 Å². The van der Waals surface area contributed by atoms with Crippen LogP contribution in [0.2, 0.25) is 0 Å². The highest BCUT2D eigenvalue weighted by Gasteiger charge is 2.29. The molecule has 0 atom stereocenters. The first kappa shape index (κ1) is 18.7. The zero-order valence-corrected chi connectivity index (χ0v) is 15.6. The number of fused-ring (bicyclic) bond motifs is 1. The van der Waals surface area contributed by atoms with Crippen molar-refractivity contribution in [2.45, 2.75) is 19.3 Å². The minimum absolute atomic E-state index is 0.480. The van der Waals surface area contributed by atoms with Gasteiger partial charge in [0.05, 0.1) is 16.8 Å². The molecule has 0 radical (unpaired) electrons. The highest BCUT2D eigenvalue weighted by atomic mass is 32.1. The Kier molecular flexibility index (Phi) is 5.15. The molecular weight excluding hydrogens is 381 g/mol. The van der Waals surface area contributed by atoms with E-state index in [1.54, 1.807) is 11.3 Å². The number of hydrogen-bond donors (Lipinski definition) is 1. The van der Waals surface area contributed by atoms with Gasteiger partial charge >= 0.3 is 6.18 Å². The lowest BCUT2D eigenvalue weighted by Gasteiger charge is -2.12. The first-order valence-electron chi connectivity index (χ1n) is 8.79. The van der Waals surface area contributed by atoms with Gasteiger partial charge in [-0.25, -0.2) is 4.98 Å². The zero-order valence-electron chi connectivity index (χ0n) is 14.8. The van der Waals surface area contributed by atoms with Crippen LogP contribution in [-0.4, -0.2) is 4.98 Å². The molecule has 1 N–H and O–H groups in total. The van der Waals surface area contributed by atoms with Gasteiger partial charge in [0, 0.05) is 29.4 Å². The SMILES string of the molecule is FC(F)(F)c1ccc(CNCc2cc3ccccc3nc2-c2ccsc2)cc1. The van der Waals surface area contributed by atoms with Crippen molar-refractivity contribution in [2.75, 3.05) is 0 Å². The van der Waals surface area contributed by atoms with Gasteiger partial charge in [-0.05, 0) is 46.8 Å². The quantitative estimate of drug-likeness (QED) is 0.428. The first-order chi connectivity index (χ1) is 13.5. The fraction of sp³-hybridized carbons (Fsp3) is 0.136. The summed E-state index contributed by atoms with van der Waals surface area (Å²) in [6, 6.07) is 17.4. The predicted molar refractivity (Wildman–Crippen MR) is 107 cm³/mol. The van der Waals surface area contributed by atoms with E-state index in [2.05, 4.69) is 16.8 Å². The summed E-state index contributed by atoms with van der Waals surface area (Å²) in [7, 11) is 0. The molecule has 2 aromatic heterocycles. The average molecular weight is 398 g/mol. The van der Waals surface area contributed by atoms with Gasteiger partial charge in [0.15, 0.2) is 0 Å². The summed E-state index contributed by atoms with van der Waals surface area (Å²) in [5.41, 5.74) is 4.18. The number of halogens is 3. The van der Waals surface area contributed by atoms with Crippen LogP contribution >= 0.6 is 11.3 Å². The lowest BCUT2D eigenvalue weighted by atomic mass is 10.0. The van der Waals surface area contributed by atoms with Crippen LogP contribution in [0.25, 0.3) is 22.2 Å². The normalized spacial score (nSPS) is 11.8. The highest BCUT2D eigenvalue weighted by Crippen LogP contribution is 2.29. The van der Waals surface area contributed by atoms with Gasteiger partial charge in [0.1, 0.15) is 0 Å². The maximum absolute atomic E-state index is 12.7. The minimum atomic E-state index is -4.31. The lowest BCUT2D eigenvalue weighted by Crippen LogP contribution is -2.14.